The Hall–Kier alpha value is -2.08. The molecule has 0 spiro atoms. The van der Waals surface area contributed by atoms with E-state index in [9.17, 15) is 0 Å². The van der Waals surface area contributed by atoms with Crippen molar-refractivity contribution in [1.29, 1.82) is 0 Å². The highest BCUT2D eigenvalue weighted by Crippen LogP contribution is 2.45. The standard InChI is InChI=1S/C21H22/c1-3-16-15-20(17-11-7-5-8-12-17)21(19(16)4-2)18-13-9-6-10-14-18/h5-14H,3-4,15H2,1-2H3. The van der Waals surface area contributed by atoms with Crippen LogP contribution in [-0.4, -0.2) is 0 Å². The first-order valence-electron chi connectivity index (χ1n) is 7.90. The first-order chi connectivity index (χ1) is 10.3. The number of benzene rings is 2. The van der Waals surface area contributed by atoms with Gasteiger partial charge in [0, 0.05) is 0 Å². The second-order valence-corrected chi connectivity index (χ2v) is 5.55. The molecule has 1 aliphatic carbocycles. The molecule has 3 rings (SSSR count). The normalized spacial score (nSPS) is 15.0. The van der Waals surface area contributed by atoms with Gasteiger partial charge in [-0.1, -0.05) is 80.1 Å². The van der Waals surface area contributed by atoms with Gasteiger partial charge in [-0.05, 0) is 47.1 Å². The Morgan fingerprint density at radius 2 is 1.29 bits per heavy atom. The molecule has 0 amide bonds. The molecule has 0 aliphatic heterocycles. The van der Waals surface area contributed by atoms with Gasteiger partial charge in [-0.2, -0.15) is 0 Å². The van der Waals surface area contributed by atoms with Crippen molar-refractivity contribution >= 4 is 11.1 Å². The molecular weight excluding hydrogens is 252 g/mol. The lowest BCUT2D eigenvalue weighted by Crippen LogP contribution is -1.90. The predicted molar refractivity (Wildman–Crippen MR) is 91.9 cm³/mol. The summed E-state index contributed by atoms with van der Waals surface area (Å²) in [6.45, 7) is 4.56. The van der Waals surface area contributed by atoms with E-state index >= 15 is 0 Å². The third kappa shape index (κ3) is 2.58. The lowest BCUT2D eigenvalue weighted by atomic mass is 9.92. The summed E-state index contributed by atoms with van der Waals surface area (Å²) in [5.74, 6) is 0. The molecule has 0 atom stereocenters. The maximum absolute atomic E-state index is 2.28. The van der Waals surface area contributed by atoms with E-state index in [1.165, 1.54) is 22.3 Å². The smallest absolute Gasteiger partial charge is 0.00490 e. The fraction of sp³-hybridized carbons (Fsp3) is 0.238. The van der Waals surface area contributed by atoms with E-state index < -0.39 is 0 Å². The first kappa shape index (κ1) is 13.9. The number of hydrogen-bond acceptors (Lipinski definition) is 0. The molecule has 0 heterocycles. The summed E-state index contributed by atoms with van der Waals surface area (Å²) in [5, 5.41) is 0. The van der Waals surface area contributed by atoms with Crippen LogP contribution in [-0.2, 0) is 0 Å². The molecule has 0 saturated carbocycles. The number of rotatable bonds is 4. The molecule has 1 aliphatic rings. The summed E-state index contributed by atoms with van der Waals surface area (Å²) in [5.41, 5.74) is 8.86. The second-order valence-electron chi connectivity index (χ2n) is 5.55. The van der Waals surface area contributed by atoms with Crippen LogP contribution in [0.2, 0.25) is 0 Å². The van der Waals surface area contributed by atoms with Crippen LogP contribution in [0.15, 0.2) is 71.8 Å². The Balaban J connectivity index is 2.19. The fourth-order valence-electron chi connectivity index (χ4n) is 3.37. The lowest BCUT2D eigenvalue weighted by molar-refractivity contribution is 1.00. The molecule has 0 fully saturated rings. The molecule has 2 aromatic rings. The minimum absolute atomic E-state index is 1.11. The molecule has 0 aromatic heterocycles. The van der Waals surface area contributed by atoms with Crippen LogP contribution in [0.3, 0.4) is 0 Å². The highest BCUT2D eigenvalue weighted by atomic mass is 14.3. The van der Waals surface area contributed by atoms with Crippen molar-refractivity contribution in [2.75, 3.05) is 0 Å². The molecule has 0 bridgehead atoms. The van der Waals surface area contributed by atoms with Gasteiger partial charge in [0.25, 0.3) is 0 Å². The zero-order valence-corrected chi connectivity index (χ0v) is 12.9. The van der Waals surface area contributed by atoms with Crippen molar-refractivity contribution in [3.63, 3.8) is 0 Å². The second kappa shape index (κ2) is 6.13. The minimum atomic E-state index is 1.11. The lowest BCUT2D eigenvalue weighted by Gasteiger charge is -2.12. The van der Waals surface area contributed by atoms with Crippen LogP contribution in [0, 0.1) is 0 Å². The zero-order chi connectivity index (χ0) is 14.7. The molecule has 0 unspecified atom stereocenters. The SMILES string of the molecule is CCC1=C(CC)C(c2ccccc2)=C(c2ccccc2)C1. The summed E-state index contributed by atoms with van der Waals surface area (Å²) in [4.78, 5) is 0. The molecule has 0 heteroatoms. The highest BCUT2D eigenvalue weighted by Gasteiger charge is 2.24. The van der Waals surface area contributed by atoms with E-state index in [4.69, 9.17) is 0 Å². The quantitative estimate of drug-likeness (QED) is 0.630. The third-order valence-electron chi connectivity index (χ3n) is 4.39. The summed E-state index contributed by atoms with van der Waals surface area (Å²) >= 11 is 0. The Bertz CT molecular complexity index is 672. The van der Waals surface area contributed by atoms with E-state index in [0.717, 1.165) is 19.3 Å². The molecular formula is C21H22. The van der Waals surface area contributed by atoms with Gasteiger partial charge in [0.1, 0.15) is 0 Å². The van der Waals surface area contributed by atoms with Gasteiger partial charge in [0.05, 0.1) is 0 Å². The van der Waals surface area contributed by atoms with E-state index in [1.807, 2.05) is 0 Å². The summed E-state index contributed by atoms with van der Waals surface area (Å²) in [7, 11) is 0. The van der Waals surface area contributed by atoms with E-state index in [1.54, 1.807) is 11.1 Å². The van der Waals surface area contributed by atoms with Crippen molar-refractivity contribution in [1.82, 2.24) is 0 Å². The van der Waals surface area contributed by atoms with Gasteiger partial charge in [0.15, 0.2) is 0 Å². The maximum Gasteiger partial charge on any atom is -0.00490 e. The molecule has 0 nitrogen and oxygen atoms in total. The molecule has 2 aromatic carbocycles. The van der Waals surface area contributed by atoms with Gasteiger partial charge >= 0.3 is 0 Å². The van der Waals surface area contributed by atoms with E-state index in [2.05, 4.69) is 74.5 Å². The average molecular weight is 274 g/mol. The molecule has 106 valence electrons. The summed E-state index contributed by atoms with van der Waals surface area (Å²) in [6, 6.07) is 21.7. The van der Waals surface area contributed by atoms with Crippen LogP contribution >= 0.6 is 0 Å². The van der Waals surface area contributed by atoms with Crippen molar-refractivity contribution in [2.24, 2.45) is 0 Å². The van der Waals surface area contributed by atoms with Crippen molar-refractivity contribution in [2.45, 2.75) is 33.1 Å². The van der Waals surface area contributed by atoms with Crippen LogP contribution in [0.5, 0.6) is 0 Å². The number of allylic oxidation sites excluding steroid dienone is 4. The van der Waals surface area contributed by atoms with Gasteiger partial charge in [-0.15, -0.1) is 0 Å². The first-order valence-corrected chi connectivity index (χ1v) is 7.90. The van der Waals surface area contributed by atoms with Crippen LogP contribution < -0.4 is 0 Å². The average Bonchev–Trinajstić information content (AvgIpc) is 2.95. The van der Waals surface area contributed by atoms with Gasteiger partial charge in [-0.3, -0.25) is 0 Å². The highest BCUT2D eigenvalue weighted by molar-refractivity contribution is 6.02. The van der Waals surface area contributed by atoms with Gasteiger partial charge in [0.2, 0.25) is 0 Å². The van der Waals surface area contributed by atoms with E-state index in [0.29, 0.717) is 0 Å². The number of hydrogen-bond donors (Lipinski definition) is 0. The molecule has 21 heavy (non-hydrogen) atoms. The van der Waals surface area contributed by atoms with Gasteiger partial charge < -0.3 is 0 Å². The van der Waals surface area contributed by atoms with Crippen molar-refractivity contribution in [3.05, 3.63) is 82.9 Å². The Labute approximate surface area is 127 Å². The summed E-state index contributed by atoms with van der Waals surface area (Å²) in [6.07, 6.45) is 3.37. The molecule has 0 radical (unpaired) electrons. The van der Waals surface area contributed by atoms with E-state index in [-0.39, 0.29) is 0 Å². The predicted octanol–water partition coefficient (Wildman–Crippen LogP) is 6.12. The maximum atomic E-state index is 2.28. The van der Waals surface area contributed by atoms with Crippen LogP contribution in [0.1, 0.15) is 44.2 Å². The topological polar surface area (TPSA) is 0 Å². The van der Waals surface area contributed by atoms with Crippen molar-refractivity contribution < 1.29 is 0 Å². The third-order valence-corrected chi connectivity index (χ3v) is 4.39. The van der Waals surface area contributed by atoms with Crippen LogP contribution in [0.25, 0.3) is 11.1 Å². The fourth-order valence-corrected chi connectivity index (χ4v) is 3.37. The van der Waals surface area contributed by atoms with Gasteiger partial charge in [-0.25, -0.2) is 0 Å². The van der Waals surface area contributed by atoms with Crippen LogP contribution in [0.4, 0.5) is 0 Å². The largest absolute Gasteiger partial charge is 0.0622 e. The monoisotopic (exact) mass is 274 g/mol. The summed E-state index contributed by atoms with van der Waals surface area (Å²) < 4.78 is 0. The molecule has 0 N–H and O–H groups in total. The zero-order valence-electron chi connectivity index (χ0n) is 12.9. The van der Waals surface area contributed by atoms with Crippen molar-refractivity contribution in [3.8, 4) is 0 Å². The Kier molecular flexibility index (Phi) is 4.06. The Morgan fingerprint density at radius 1 is 0.714 bits per heavy atom. The minimum Gasteiger partial charge on any atom is -0.0622 e. The molecule has 0 saturated heterocycles. The Morgan fingerprint density at radius 3 is 1.81 bits per heavy atom.